The van der Waals surface area contributed by atoms with Crippen molar-refractivity contribution in [1.82, 2.24) is 20.2 Å². The molecule has 9 nitrogen and oxygen atoms in total. The van der Waals surface area contributed by atoms with Gasteiger partial charge in [0.05, 0.1) is 18.0 Å². The average molecular weight is 380 g/mol. The number of benzene rings is 1. The summed E-state index contributed by atoms with van der Waals surface area (Å²) in [5.74, 6) is 0.496. The zero-order chi connectivity index (χ0) is 18.6. The number of hydrogen-bond donors (Lipinski definition) is 2. The van der Waals surface area contributed by atoms with Crippen molar-refractivity contribution in [3.63, 3.8) is 0 Å². The van der Waals surface area contributed by atoms with Gasteiger partial charge in [0, 0.05) is 31.6 Å². The highest BCUT2D eigenvalue weighted by Gasteiger charge is 2.19. The zero-order valence-electron chi connectivity index (χ0n) is 14.3. The highest BCUT2D eigenvalue weighted by Crippen LogP contribution is 2.14. The lowest BCUT2D eigenvalue weighted by Gasteiger charge is -2.10. The summed E-state index contributed by atoms with van der Waals surface area (Å²) in [5.41, 5.74) is 0.278. The molecule has 0 bridgehead atoms. The number of aromatic nitrogens is 2. The van der Waals surface area contributed by atoms with E-state index in [0.717, 1.165) is 6.42 Å². The molecule has 0 unspecified atom stereocenters. The molecule has 1 atom stereocenters. The van der Waals surface area contributed by atoms with Gasteiger partial charge in [-0.15, -0.1) is 10.2 Å². The lowest BCUT2D eigenvalue weighted by atomic mass is 10.1. The smallest absolute Gasteiger partial charge is 0.251 e. The topological polar surface area (TPSA) is 123 Å². The number of aryl methyl sites for hydroxylation is 1. The molecule has 3 rings (SSSR count). The van der Waals surface area contributed by atoms with Crippen molar-refractivity contribution in [1.29, 1.82) is 0 Å². The molecule has 0 aliphatic carbocycles. The Hall–Kier alpha value is -2.30. The number of sulfonamides is 1. The molecule has 2 aromatic rings. The van der Waals surface area contributed by atoms with E-state index < -0.39 is 10.0 Å². The second kappa shape index (κ2) is 7.94. The zero-order valence-corrected chi connectivity index (χ0v) is 15.1. The van der Waals surface area contributed by atoms with Crippen LogP contribution in [0.5, 0.6) is 0 Å². The van der Waals surface area contributed by atoms with Gasteiger partial charge in [-0.1, -0.05) is 6.07 Å². The fourth-order valence-corrected chi connectivity index (χ4v) is 3.56. The standard InChI is InChI=1S/C16H20N4O5S/c1-11-19-20-15(25-11)9-18-26(22,23)14-4-2-3-13(7-14)16(21)17-8-12-5-6-24-10-12/h2-4,7,12,18H,5-6,8-10H2,1H3,(H,17,21)/t12-/m0/s1. The van der Waals surface area contributed by atoms with Crippen molar-refractivity contribution in [2.24, 2.45) is 5.92 Å². The van der Waals surface area contributed by atoms with Gasteiger partial charge in [0.1, 0.15) is 0 Å². The monoisotopic (exact) mass is 380 g/mol. The van der Waals surface area contributed by atoms with Gasteiger partial charge < -0.3 is 14.5 Å². The number of amides is 1. The van der Waals surface area contributed by atoms with E-state index in [0.29, 0.717) is 31.6 Å². The third-order valence-corrected chi connectivity index (χ3v) is 5.36. The number of rotatable bonds is 7. The summed E-state index contributed by atoms with van der Waals surface area (Å²) < 4.78 is 37.6. The van der Waals surface area contributed by atoms with Crippen LogP contribution in [0.3, 0.4) is 0 Å². The van der Waals surface area contributed by atoms with Crippen LogP contribution in [0.15, 0.2) is 33.6 Å². The molecule has 10 heteroatoms. The molecule has 0 saturated carbocycles. The third kappa shape index (κ3) is 4.65. The molecular weight excluding hydrogens is 360 g/mol. The van der Waals surface area contributed by atoms with E-state index in [1.54, 1.807) is 13.0 Å². The minimum absolute atomic E-state index is 0.00872. The highest BCUT2D eigenvalue weighted by molar-refractivity contribution is 7.89. The predicted octanol–water partition coefficient (Wildman–Crippen LogP) is 0.623. The SMILES string of the molecule is Cc1nnc(CNS(=O)(=O)c2cccc(C(=O)NC[C@@H]3CCOC3)c2)o1. The summed E-state index contributed by atoms with van der Waals surface area (Å²) in [5, 5.41) is 10.2. The molecule has 1 aliphatic heterocycles. The lowest BCUT2D eigenvalue weighted by Crippen LogP contribution is -2.30. The number of hydrogen-bond acceptors (Lipinski definition) is 7. The summed E-state index contributed by atoms with van der Waals surface area (Å²) in [4.78, 5) is 12.3. The second-order valence-corrected chi connectivity index (χ2v) is 7.77. The van der Waals surface area contributed by atoms with Crippen molar-refractivity contribution in [2.75, 3.05) is 19.8 Å². The maximum absolute atomic E-state index is 12.4. The minimum Gasteiger partial charge on any atom is -0.424 e. The summed E-state index contributed by atoms with van der Waals surface area (Å²) in [6, 6.07) is 5.85. The molecule has 1 saturated heterocycles. The number of carbonyl (C=O) groups excluding carboxylic acids is 1. The van der Waals surface area contributed by atoms with Crippen LogP contribution in [0, 0.1) is 12.8 Å². The fraction of sp³-hybridized carbons (Fsp3) is 0.438. The summed E-state index contributed by atoms with van der Waals surface area (Å²) in [6.07, 6.45) is 0.910. The molecule has 26 heavy (non-hydrogen) atoms. The van der Waals surface area contributed by atoms with Crippen molar-refractivity contribution >= 4 is 15.9 Å². The van der Waals surface area contributed by atoms with Gasteiger partial charge in [-0.2, -0.15) is 0 Å². The predicted molar refractivity (Wildman–Crippen MR) is 90.8 cm³/mol. The van der Waals surface area contributed by atoms with Crippen molar-refractivity contribution < 1.29 is 22.4 Å². The number of ether oxygens (including phenoxy) is 1. The molecule has 2 N–H and O–H groups in total. The van der Waals surface area contributed by atoms with Gasteiger partial charge in [0.25, 0.3) is 5.91 Å². The summed E-state index contributed by atoms with van der Waals surface area (Å²) in [6.45, 7) is 3.34. The van der Waals surface area contributed by atoms with Gasteiger partial charge in [0.15, 0.2) is 0 Å². The van der Waals surface area contributed by atoms with Crippen LogP contribution in [-0.4, -0.2) is 44.3 Å². The van der Waals surface area contributed by atoms with Crippen molar-refractivity contribution in [3.05, 3.63) is 41.6 Å². The first kappa shape index (κ1) is 18.5. The van der Waals surface area contributed by atoms with E-state index in [-0.39, 0.29) is 28.8 Å². The maximum Gasteiger partial charge on any atom is 0.251 e. The summed E-state index contributed by atoms with van der Waals surface area (Å²) in [7, 11) is -3.81. The molecule has 1 aromatic carbocycles. The van der Waals surface area contributed by atoms with Crippen LogP contribution in [0.4, 0.5) is 0 Å². The lowest BCUT2D eigenvalue weighted by molar-refractivity contribution is 0.0944. The Labute approximate surface area is 151 Å². The Bertz CT molecular complexity index is 874. The van der Waals surface area contributed by atoms with Gasteiger partial charge in [-0.3, -0.25) is 4.79 Å². The van der Waals surface area contributed by atoms with E-state index in [9.17, 15) is 13.2 Å². The molecule has 1 fully saturated rings. The minimum atomic E-state index is -3.81. The number of nitrogens with zero attached hydrogens (tertiary/aromatic N) is 2. The van der Waals surface area contributed by atoms with Crippen LogP contribution in [0.25, 0.3) is 0 Å². The Morgan fingerprint density at radius 2 is 2.19 bits per heavy atom. The third-order valence-electron chi connectivity index (χ3n) is 3.96. The second-order valence-electron chi connectivity index (χ2n) is 6.01. The quantitative estimate of drug-likeness (QED) is 0.722. The Morgan fingerprint density at radius 1 is 1.35 bits per heavy atom. The average Bonchev–Trinajstić information content (AvgIpc) is 3.29. The van der Waals surface area contributed by atoms with Crippen LogP contribution in [0.1, 0.15) is 28.6 Å². The first-order chi connectivity index (χ1) is 12.4. The molecule has 0 spiro atoms. The highest BCUT2D eigenvalue weighted by atomic mass is 32.2. The Morgan fingerprint density at radius 3 is 2.88 bits per heavy atom. The molecule has 1 amide bonds. The molecule has 140 valence electrons. The molecule has 0 radical (unpaired) electrons. The van der Waals surface area contributed by atoms with Crippen molar-refractivity contribution in [2.45, 2.75) is 24.8 Å². The van der Waals surface area contributed by atoms with E-state index in [1.165, 1.54) is 18.2 Å². The van der Waals surface area contributed by atoms with E-state index in [1.807, 2.05) is 0 Å². The van der Waals surface area contributed by atoms with Crippen LogP contribution >= 0.6 is 0 Å². The van der Waals surface area contributed by atoms with Crippen LogP contribution in [0.2, 0.25) is 0 Å². The fourth-order valence-electron chi connectivity index (χ4n) is 2.54. The van der Waals surface area contributed by atoms with Crippen LogP contribution < -0.4 is 10.0 Å². The molecule has 2 heterocycles. The Balaban J connectivity index is 1.63. The first-order valence-corrected chi connectivity index (χ1v) is 9.67. The largest absolute Gasteiger partial charge is 0.424 e. The van der Waals surface area contributed by atoms with Crippen molar-refractivity contribution in [3.8, 4) is 0 Å². The maximum atomic E-state index is 12.4. The van der Waals surface area contributed by atoms with Gasteiger partial charge in [-0.25, -0.2) is 13.1 Å². The van der Waals surface area contributed by atoms with E-state index >= 15 is 0 Å². The number of nitrogens with one attached hydrogen (secondary N) is 2. The van der Waals surface area contributed by atoms with Crippen LogP contribution in [-0.2, 0) is 21.3 Å². The molecule has 1 aromatic heterocycles. The van der Waals surface area contributed by atoms with E-state index in [2.05, 4.69) is 20.2 Å². The van der Waals surface area contributed by atoms with Gasteiger partial charge >= 0.3 is 0 Å². The summed E-state index contributed by atoms with van der Waals surface area (Å²) >= 11 is 0. The van der Waals surface area contributed by atoms with Gasteiger partial charge in [0.2, 0.25) is 21.8 Å². The molecular formula is C16H20N4O5S. The Kier molecular flexibility index (Phi) is 5.64. The molecule has 1 aliphatic rings. The van der Waals surface area contributed by atoms with Gasteiger partial charge in [-0.05, 0) is 24.6 Å². The first-order valence-electron chi connectivity index (χ1n) is 8.19. The normalized spacial score (nSPS) is 17.3. The van der Waals surface area contributed by atoms with E-state index in [4.69, 9.17) is 9.15 Å². The number of carbonyl (C=O) groups is 1.